The van der Waals surface area contributed by atoms with Crippen LogP contribution >= 0.6 is 23.6 Å². The Labute approximate surface area is 98.5 Å². The van der Waals surface area contributed by atoms with E-state index in [2.05, 4.69) is 17.2 Å². The summed E-state index contributed by atoms with van der Waals surface area (Å²) in [4.78, 5) is 15.5. The lowest BCUT2D eigenvalue weighted by molar-refractivity contribution is 0.0520. The highest BCUT2D eigenvalue weighted by molar-refractivity contribution is 7.80. The Balaban J connectivity index is 0.000000423. The third kappa shape index (κ3) is 6.98. The lowest BCUT2D eigenvalue weighted by Gasteiger charge is -1.95. The number of aromatic nitrogens is 1. The fraction of sp³-hybridized carbons (Fsp3) is 0.444. The summed E-state index contributed by atoms with van der Waals surface area (Å²) in [5.41, 5.74) is 5.25. The molecule has 0 fully saturated rings. The summed E-state index contributed by atoms with van der Waals surface area (Å²) in [7, 11) is 0. The molecule has 1 heterocycles. The number of hydrogen-bond acceptors (Lipinski definition) is 5. The number of nitrogens with two attached hydrogens (primary N) is 1. The predicted octanol–water partition coefficient (Wildman–Crippen LogP) is 1.92. The molecule has 0 aliphatic carbocycles. The van der Waals surface area contributed by atoms with Gasteiger partial charge in [-0.1, -0.05) is 12.2 Å². The molecule has 0 unspecified atom stereocenters. The van der Waals surface area contributed by atoms with Crippen molar-refractivity contribution in [2.75, 3.05) is 6.61 Å². The van der Waals surface area contributed by atoms with Gasteiger partial charge in [-0.3, -0.25) is 0 Å². The van der Waals surface area contributed by atoms with Gasteiger partial charge in [0, 0.05) is 5.38 Å². The van der Waals surface area contributed by atoms with Crippen LogP contribution in [0.2, 0.25) is 0 Å². The van der Waals surface area contributed by atoms with Crippen LogP contribution in [0.4, 0.5) is 0 Å². The van der Waals surface area contributed by atoms with Crippen molar-refractivity contribution in [3.63, 3.8) is 0 Å². The number of carbonyl (C=O) groups is 1. The summed E-state index contributed by atoms with van der Waals surface area (Å²) in [6.07, 6.45) is 0. The number of rotatable bonds is 2. The second-order valence-corrected chi connectivity index (χ2v) is 4.29. The first-order valence-corrected chi connectivity index (χ1v) is 5.61. The number of carbonyl (C=O) groups excluding carboxylic acids is 1. The van der Waals surface area contributed by atoms with Crippen molar-refractivity contribution in [3.8, 4) is 0 Å². The quantitative estimate of drug-likeness (QED) is 0.638. The summed E-state index contributed by atoms with van der Waals surface area (Å²) in [5, 5.41) is 2.58. The van der Waals surface area contributed by atoms with Gasteiger partial charge >= 0.3 is 5.97 Å². The fourth-order valence-electron chi connectivity index (χ4n) is 0.662. The van der Waals surface area contributed by atoms with E-state index in [0.717, 1.165) is 5.01 Å². The second-order valence-electron chi connectivity index (χ2n) is 2.58. The highest BCUT2D eigenvalue weighted by atomic mass is 32.1. The molecule has 15 heavy (non-hydrogen) atoms. The smallest absolute Gasteiger partial charge is 0.357 e. The number of ether oxygens (including phenoxy) is 1. The Morgan fingerprint density at radius 2 is 2.27 bits per heavy atom. The fourth-order valence-corrected chi connectivity index (χ4v) is 1.24. The van der Waals surface area contributed by atoms with Crippen LogP contribution in [-0.4, -0.2) is 22.5 Å². The van der Waals surface area contributed by atoms with Gasteiger partial charge in [-0.15, -0.1) is 11.3 Å². The molecule has 4 nitrogen and oxygen atoms in total. The maximum Gasteiger partial charge on any atom is 0.357 e. The van der Waals surface area contributed by atoms with Crippen molar-refractivity contribution in [2.45, 2.75) is 20.8 Å². The van der Waals surface area contributed by atoms with Crippen molar-refractivity contribution < 1.29 is 9.53 Å². The molecule has 0 aliphatic rings. The minimum Gasteiger partial charge on any atom is -0.461 e. The molecule has 0 amide bonds. The van der Waals surface area contributed by atoms with Crippen molar-refractivity contribution >= 4 is 34.5 Å². The number of esters is 1. The van der Waals surface area contributed by atoms with Crippen molar-refractivity contribution in [1.82, 2.24) is 4.98 Å². The second kappa shape index (κ2) is 7.30. The zero-order chi connectivity index (χ0) is 11.8. The molecule has 1 rings (SSSR count). The highest BCUT2D eigenvalue weighted by Gasteiger charge is 2.08. The predicted molar refractivity (Wildman–Crippen MR) is 65.3 cm³/mol. The molecule has 2 N–H and O–H groups in total. The SMILES string of the molecule is CC(N)=S.CCOC(=O)c1csc(C)n1. The van der Waals surface area contributed by atoms with Crippen LogP contribution in [-0.2, 0) is 4.74 Å². The first-order chi connectivity index (χ1) is 6.97. The summed E-state index contributed by atoms with van der Waals surface area (Å²) < 4.78 is 4.75. The standard InChI is InChI=1S/C7H9NO2S.C2H5NS/c1-3-10-7(9)6-4-11-5(2)8-6;1-2(3)4/h4H,3H2,1-2H3;1H3,(H2,3,4). The van der Waals surface area contributed by atoms with Gasteiger partial charge in [0.25, 0.3) is 0 Å². The molecule has 0 spiro atoms. The summed E-state index contributed by atoms with van der Waals surface area (Å²) in [6, 6.07) is 0. The first kappa shape index (κ1) is 14.0. The van der Waals surface area contributed by atoms with Gasteiger partial charge in [0.1, 0.15) is 0 Å². The summed E-state index contributed by atoms with van der Waals surface area (Å²) >= 11 is 5.76. The number of aryl methyl sites for hydroxylation is 1. The summed E-state index contributed by atoms with van der Waals surface area (Å²) in [6.45, 7) is 5.70. The van der Waals surface area contributed by atoms with Crippen molar-refractivity contribution in [2.24, 2.45) is 5.73 Å². The Kier molecular flexibility index (Phi) is 6.81. The number of hydrogen-bond donors (Lipinski definition) is 1. The average Bonchev–Trinajstić information content (AvgIpc) is 2.51. The molecule has 0 atom stereocenters. The topological polar surface area (TPSA) is 65.2 Å². The lowest BCUT2D eigenvalue weighted by atomic mass is 10.5. The molecule has 0 saturated heterocycles. The maximum absolute atomic E-state index is 11.0. The molecular weight excluding hydrogens is 232 g/mol. The highest BCUT2D eigenvalue weighted by Crippen LogP contribution is 2.08. The van der Waals surface area contributed by atoms with E-state index in [9.17, 15) is 4.79 Å². The van der Waals surface area contributed by atoms with Crippen LogP contribution in [0.25, 0.3) is 0 Å². The van der Waals surface area contributed by atoms with Gasteiger partial charge < -0.3 is 10.5 Å². The van der Waals surface area contributed by atoms with Crippen LogP contribution in [0.5, 0.6) is 0 Å². The van der Waals surface area contributed by atoms with Gasteiger partial charge in [0.15, 0.2) is 5.69 Å². The molecule has 0 bridgehead atoms. The van der Waals surface area contributed by atoms with Crippen LogP contribution in [0.1, 0.15) is 29.3 Å². The zero-order valence-corrected chi connectivity index (χ0v) is 10.6. The Bertz CT molecular complexity index is 333. The maximum atomic E-state index is 11.0. The van der Waals surface area contributed by atoms with Crippen LogP contribution < -0.4 is 5.73 Å². The number of thiocarbonyl (C=S) groups is 1. The normalized spacial score (nSPS) is 8.73. The molecule has 6 heteroatoms. The van der Waals surface area contributed by atoms with Gasteiger partial charge in [-0.2, -0.15) is 0 Å². The Hall–Kier alpha value is -1.01. The van der Waals surface area contributed by atoms with Gasteiger partial charge in [-0.05, 0) is 20.8 Å². The number of nitrogens with zero attached hydrogens (tertiary/aromatic N) is 1. The first-order valence-electron chi connectivity index (χ1n) is 4.32. The van der Waals surface area contributed by atoms with Crippen molar-refractivity contribution in [3.05, 3.63) is 16.1 Å². The van der Waals surface area contributed by atoms with Gasteiger partial charge in [0.05, 0.1) is 16.6 Å². The van der Waals surface area contributed by atoms with E-state index in [4.69, 9.17) is 10.5 Å². The van der Waals surface area contributed by atoms with E-state index in [1.165, 1.54) is 11.3 Å². The largest absolute Gasteiger partial charge is 0.461 e. The molecule has 84 valence electrons. The zero-order valence-electron chi connectivity index (χ0n) is 8.94. The van der Waals surface area contributed by atoms with E-state index in [0.29, 0.717) is 17.3 Å². The minimum atomic E-state index is -0.336. The Morgan fingerprint density at radius 3 is 2.60 bits per heavy atom. The third-order valence-corrected chi connectivity index (χ3v) is 1.88. The number of thiazole rings is 1. The molecule has 0 aromatic carbocycles. The van der Waals surface area contributed by atoms with Gasteiger partial charge in [0.2, 0.25) is 0 Å². The van der Waals surface area contributed by atoms with Gasteiger partial charge in [-0.25, -0.2) is 9.78 Å². The molecule has 0 aliphatic heterocycles. The molecule has 0 radical (unpaired) electrons. The lowest BCUT2D eigenvalue weighted by Crippen LogP contribution is -2.04. The minimum absolute atomic E-state index is 0.336. The van der Waals surface area contributed by atoms with E-state index in [-0.39, 0.29) is 5.97 Å². The third-order valence-electron chi connectivity index (χ3n) is 1.10. The van der Waals surface area contributed by atoms with E-state index in [1.807, 2.05) is 6.92 Å². The van der Waals surface area contributed by atoms with Crippen LogP contribution in [0, 0.1) is 6.92 Å². The van der Waals surface area contributed by atoms with Crippen LogP contribution in [0.3, 0.4) is 0 Å². The summed E-state index contributed by atoms with van der Waals surface area (Å²) in [5.74, 6) is -0.336. The van der Waals surface area contributed by atoms with E-state index >= 15 is 0 Å². The molecule has 0 saturated carbocycles. The Morgan fingerprint density at radius 1 is 1.73 bits per heavy atom. The molecule has 1 aromatic rings. The van der Waals surface area contributed by atoms with Crippen LogP contribution in [0.15, 0.2) is 5.38 Å². The van der Waals surface area contributed by atoms with E-state index < -0.39 is 0 Å². The van der Waals surface area contributed by atoms with Crippen molar-refractivity contribution in [1.29, 1.82) is 0 Å². The molecule has 1 aromatic heterocycles. The molecular formula is C9H14N2O2S2. The monoisotopic (exact) mass is 246 g/mol. The van der Waals surface area contributed by atoms with E-state index in [1.54, 1.807) is 19.2 Å². The average molecular weight is 246 g/mol.